The number of nitrogens with zero attached hydrogens (tertiary/aromatic N) is 1. The van der Waals surface area contributed by atoms with Gasteiger partial charge in [-0.3, -0.25) is 0 Å². The van der Waals surface area contributed by atoms with Crippen molar-refractivity contribution < 1.29 is 13.9 Å². The van der Waals surface area contributed by atoms with Gasteiger partial charge >= 0.3 is 0 Å². The highest BCUT2D eigenvalue weighted by Gasteiger charge is 2.14. The van der Waals surface area contributed by atoms with Gasteiger partial charge in [-0.05, 0) is 17.7 Å². The van der Waals surface area contributed by atoms with Crippen molar-refractivity contribution in [3.63, 3.8) is 0 Å². The average Bonchev–Trinajstić information content (AvgIpc) is 2.42. The van der Waals surface area contributed by atoms with Crippen LogP contribution in [0.1, 0.15) is 5.56 Å². The maximum absolute atomic E-state index is 13.8. The number of piperazine rings is 1. The smallest absolute Gasteiger partial charge is 0.146 e. The second-order valence-corrected chi connectivity index (χ2v) is 4.28. The van der Waals surface area contributed by atoms with E-state index >= 15 is 0 Å². The molecule has 18 heavy (non-hydrogen) atoms. The summed E-state index contributed by atoms with van der Waals surface area (Å²) in [5.41, 5.74) is 1.62. The fourth-order valence-corrected chi connectivity index (χ4v) is 2.04. The second-order valence-electron chi connectivity index (χ2n) is 4.28. The lowest BCUT2D eigenvalue weighted by atomic mass is 10.1. The van der Waals surface area contributed by atoms with Gasteiger partial charge in [0.25, 0.3) is 0 Å². The Hall–Kier alpha value is -1.17. The predicted molar refractivity (Wildman–Crippen MR) is 68.1 cm³/mol. The Labute approximate surface area is 107 Å². The Bertz CT molecular complexity index is 381. The van der Waals surface area contributed by atoms with Crippen molar-refractivity contribution in [3.8, 4) is 0 Å². The number of nitrogens with one attached hydrogen (secondary N) is 1. The van der Waals surface area contributed by atoms with E-state index in [1.54, 1.807) is 13.2 Å². The van der Waals surface area contributed by atoms with E-state index in [2.05, 4.69) is 10.2 Å². The van der Waals surface area contributed by atoms with Crippen LogP contribution in [0.4, 0.5) is 10.1 Å². The minimum atomic E-state index is -0.174. The van der Waals surface area contributed by atoms with Gasteiger partial charge in [0.1, 0.15) is 12.6 Å². The summed E-state index contributed by atoms with van der Waals surface area (Å²) in [5, 5.41) is 3.26. The molecule has 1 aromatic rings. The molecular weight excluding hydrogens is 235 g/mol. The number of ether oxygens (including phenoxy) is 2. The summed E-state index contributed by atoms with van der Waals surface area (Å²) in [6, 6.07) is 5.11. The minimum Gasteiger partial charge on any atom is -0.367 e. The van der Waals surface area contributed by atoms with E-state index in [4.69, 9.17) is 9.47 Å². The average molecular weight is 254 g/mol. The molecule has 4 nitrogen and oxygen atoms in total. The van der Waals surface area contributed by atoms with Crippen molar-refractivity contribution in [1.82, 2.24) is 5.32 Å². The number of halogens is 1. The van der Waals surface area contributed by atoms with E-state index in [1.165, 1.54) is 6.07 Å². The Kier molecular flexibility index (Phi) is 4.92. The van der Waals surface area contributed by atoms with Crippen LogP contribution in [0.25, 0.3) is 0 Å². The SMILES string of the molecule is COCOCc1ccc(F)c(N2CCNCC2)c1. The zero-order valence-corrected chi connectivity index (χ0v) is 10.6. The summed E-state index contributed by atoms with van der Waals surface area (Å²) < 4.78 is 23.9. The quantitative estimate of drug-likeness (QED) is 0.635. The predicted octanol–water partition coefficient (Wildman–Crippen LogP) is 1.36. The summed E-state index contributed by atoms with van der Waals surface area (Å²) in [4.78, 5) is 2.06. The molecule has 0 radical (unpaired) electrons. The van der Waals surface area contributed by atoms with Gasteiger partial charge in [-0.15, -0.1) is 0 Å². The molecule has 1 fully saturated rings. The van der Waals surface area contributed by atoms with Crippen molar-refractivity contribution in [2.75, 3.05) is 45.0 Å². The van der Waals surface area contributed by atoms with Crippen LogP contribution < -0.4 is 10.2 Å². The number of rotatable bonds is 5. The van der Waals surface area contributed by atoms with E-state index < -0.39 is 0 Å². The van der Waals surface area contributed by atoms with Crippen molar-refractivity contribution in [2.24, 2.45) is 0 Å². The van der Waals surface area contributed by atoms with Gasteiger partial charge < -0.3 is 19.7 Å². The van der Waals surface area contributed by atoms with Crippen LogP contribution in [0.5, 0.6) is 0 Å². The summed E-state index contributed by atoms with van der Waals surface area (Å²) >= 11 is 0. The van der Waals surface area contributed by atoms with Gasteiger partial charge in [-0.1, -0.05) is 6.07 Å². The zero-order valence-electron chi connectivity index (χ0n) is 10.6. The van der Waals surface area contributed by atoms with Gasteiger partial charge in [-0.2, -0.15) is 0 Å². The number of hydrogen-bond donors (Lipinski definition) is 1. The van der Waals surface area contributed by atoms with Gasteiger partial charge in [0.15, 0.2) is 0 Å². The lowest BCUT2D eigenvalue weighted by Gasteiger charge is -2.30. The maximum atomic E-state index is 13.8. The monoisotopic (exact) mass is 254 g/mol. The molecule has 100 valence electrons. The normalized spacial score (nSPS) is 16.0. The molecule has 0 bridgehead atoms. The molecule has 1 aliphatic heterocycles. The van der Waals surface area contributed by atoms with Crippen molar-refractivity contribution in [1.29, 1.82) is 0 Å². The molecule has 1 aromatic carbocycles. The third kappa shape index (κ3) is 3.41. The molecule has 0 atom stereocenters. The Morgan fingerprint density at radius 1 is 1.33 bits per heavy atom. The molecule has 2 rings (SSSR count). The van der Waals surface area contributed by atoms with Crippen LogP contribution >= 0.6 is 0 Å². The maximum Gasteiger partial charge on any atom is 0.146 e. The molecule has 1 heterocycles. The minimum absolute atomic E-state index is 0.174. The lowest BCUT2D eigenvalue weighted by molar-refractivity contribution is -0.0390. The number of methoxy groups -OCH3 is 1. The van der Waals surface area contributed by atoms with Crippen molar-refractivity contribution in [2.45, 2.75) is 6.61 Å². The van der Waals surface area contributed by atoms with Crippen LogP contribution in [-0.2, 0) is 16.1 Å². The van der Waals surface area contributed by atoms with E-state index in [9.17, 15) is 4.39 Å². The zero-order chi connectivity index (χ0) is 12.8. The molecule has 1 N–H and O–H groups in total. The summed E-state index contributed by atoms with van der Waals surface area (Å²) in [6.07, 6.45) is 0. The van der Waals surface area contributed by atoms with Gasteiger partial charge in [0, 0.05) is 33.3 Å². The first kappa shape index (κ1) is 13.3. The molecule has 0 aliphatic carbocycles. The van der Waals surface area contributed by atoms with Crippen LogP contribution in [0.3, 0.4) is 0 Å². The van der Waals surface area contributed by atoms with Crippen LogP contribution in [-0.4, -0.2) is 40.1 Å². The highest BCUT2D eigenvalue weighted by molar-refractivity contribution is 5.50. The first-order valence-corrected chi connectivity index (χ1v) is 6.12. The van der Waals surface area contributed by atoms with Crippen LogP contribution in [0.15, 0.2) is 18.2 Å². The highest BCUT2D eigenvalue weighted by Crippen LogP contribution is 2.21. The second kappa shape index (κ2) is 6.68. The summed E-state index contributed by atoms with van der Waals surface area (Å²) in [5.74, 6) is -0.174. The van der Waals surface area contributed by atoms with Gasteiger partial charge in [-0.25, -0.2) is 4.39 Å². The largest absolute Gasteiger partial charge is 0.367 e. The number of hydrogen-bond acceptors (Lipinski definition) is 4. The molecule has 0 aromatic heterocycles. The first-order chi connectivity index (χ1) is 8.81. The molecule has 0 unspecified atom stereocenters. The topological polar surface area (TPSA) is 33.7 Å². The van der Waals surface area contributed by atoms with Gasteiger partial charge in [0.2, 0.25) is 0 Å². The molecule has 0 spiro atoms. The van der Waals surface area contributed by atoms with Crippen LogP contribution in [0.2, 0.25) is 0 Å². The van der Waals surface area contributed by atoms with E-state index in [0.717, 1.165) is 31.7 Å². The Morgan fingerprint density at radius 2 is 2.11 bits per heavy atom. The Morgan fingerprint density at radius 3 is 2.83 bits per heavy atom. The van der Waals surface area contributed by atoms with Gasteiger partial charge in [0.05, 0.1) is 12.3 Å². The standard InChI is InChI=1S/C13H19FN2O2/c1-17-10-18-9-11-2-3-12(14)13(8-11)16-6-4-15-5-7-16/h2-3,8,15H,4-7,9-10H2,1H3. The fourth-order valence-electron chi connectivity index (χ4n) is 2.04. The summed E-state index contributed by atoms with van der Waals surface area (Å²) in [6.45, 7) is 4.14. The highest BCUT2D eigenvalue weighted by atomic mass is 19.1. The summed E-state index contributed by atoms with van der Waals surface area (Å²) in [7, 11) is 1.58. The van der Waals surface area contributed by atoms with E-state index in [0.29, 0.717) is 12.3 Å². The van der Waals surface area contributed by atoms with Crippen LogP contribution in [0, 0.1) is 5.82 Å². The van der Waals surface area contributed by atoms with Crippen molar-refractivity contribution >= 4 is 5.69 Å². The molecular formula is C13H19FN2O2. The third-order valence-electron chi connectivity index (χ3n) is 2.94. The molecule has 1 aliphatic rings. The first-order valence-electron chi connectivity index (χ1n) is 6.12. The third-order valence-corrected chi connectivity index (χ3v) is 2.94. The number of benzene rings is 1. The lowest BCUT2D eigenvalue weighted by Crippen LogP contribution is -2.43. The molecule has 0 amide bonds. The molecule has 1 saturated heterocycles. The van der Waals surface area contributed by atoms with Crippen molar-refractivity contribution in [3.05, 3.63) is 29.6 Å². The molecule has 0 saturated carbocycles. The van der Waals surface area contributed by atoms with E-state index in [-0.39, 0.29) is 12.6 Å². The number of anilines is 1. The van der Waals surface area contributed by atoms with E-state index in [1.807, 2.05) is 6.07 Å². The fraction of sp³-hybridized carbons (Fsp3) is 0.538. The Balaban J connectivity index is 2.05. The molecule has 5 heteroatoms.